The lowest BCUT2D eigenvalue weighted by Crippen LogP contribution is -2.15. The molecule has 0 heterocycles. The van der Waals surface area contributed by atoms with Gasteiger partial charge in [0.2, 0.25) is 0 Å². The number of hydrogen-bond acceptors (Lipinski definition) is 3. The van der Waals surface area contributed by atoms with Crippen LogP contribution in [0, 0.1) is 0 Å². The first kappa shape index (κ1) is 38.2. The molecule has 0 fully saturated rings. The molecule has 0 amide bonds. The van der Waals surface area contributed by atoms with E-state index in [1.807, 2.05) is 0 Å². The summed E-state index contributed by atoms with van der Waals surface area (Å²) in [6.45, 7) is 3.12. The largest absolute Gasteiger partial charge is 0.673 e. The van der Waals surface area contributed by atoms with Crippen LogP contribution in [0.25, 0.3) is 0 Å². The molecule has 0 saturated heterocycles. The first-order chi connectivity index (χ1) is 17.2. The molecular weight excluding hydrogens is 490 g/mol. The predicted octanol–water partition coefficient (Wildman–Crippen LogP) is 8.71. The van der Waals surface area contributed by atoms with Gasteiger partial charge in [-0.15, -0.1) is 0 Å². The number of aliphatic hydroxyl groups excluding tert-OH is 3. The van der Waals surface area contributed by atoms with Crippen molar-refractivity contribution in [3.63, 3.8) is 0 Å². The van der Waals surface area contributed by atoms with Gasteiger partial charge >= 0.3 is 7.25 Å². The van der Waals surface area contributed by atoms with Crippen molar-refractivity contribution in [2.75, 3.05) is 44.5 Å². The van der Waals surface area contributed by atoms with Gasteiger partial charge in [0.1, 0.15) is 0 Å². The van der Waals surface area contributed by atoms with Gasteiger partial charge in [-0.1, -0.05) is 96.8 Å². The molecule has 0 rings (SSSR count). The van der Waals surface area contributed by atoms with Crippen molar-refractivity contribution in [2.45, 2.75) is 129 Å². The van der Waals surface area contributed by atoms with Gasteiger partial charge in [-0.2, -0.15) is 0 Å². The molecule has 0 aliphatic heterocycles. The van der Waals surface area contributed by atoms with Crippen molar-refractivity contribution in [2.24, 2.45) is 0 Å². The highest BCUT2D eigenvalue weighted by Crippen LogP contribution is 2.60. The van der Waals surface area contributed by atoms with Gasteiger partial charge in [-0.3, -0.25) is 0 Å². The van der Waals surface area contributed by atoms with Gasteiger partial charge in [0.25, 0.3) is 0 Å². The van der Waals surface area contributed by atoms with E-state index in [0.29, 0.717) is 0 Å². The fraction of sp³-hybridized carbons (Fsp3) is 1.00. The molecule has 220 valence electrons. The molecule has 0 unspecified atom stereocenters. The number of rotatable bonds is 26. The second-order valence-electron chi connectivity index (χ2n) is 10.3. The predicted molar refractivity (Wildman–Crippen MR) is 151 cm³/mol. The summed E-state index contributed by atoms with van der Waals surface area (Å²) in [6.07, 6.45) is 29.9. The Kier molecular flexibility index (Phi) is 29.9. The minimum atomic E-state index is -6.00. The fourth-order valence-corrected chi connectivity index (χ4v) is 9.56. The number of halogens is 4. The van der Waals surface area contributed by atoms with Crippen LogP contribution >= 0.6 is 7.26 Å². The highest BCUT2D eigenvalue weighted by atomic mass is 31.2. The van der Waals surface area contributed by atoms with Crippen molar-refractivity contribution in [1.29, 1.82) is 0 Å². The third-order valence-electron chi connectivity index (χ3n) is 6.86. The maximum absolute atomic E-state index is 9.75. The summed E-state index contributed by atoms with van der Waals surface area (Å²) < 4.78 is 39.0. The van der Waals surface area contributed by atoms with Gasteiger partial charge in [-0.25, -0.2) is 0 Å². The monoisotopic (exact) mass is 548 g/mol. The maximum atomic E-state index is 9.75. The van der Waals surface area contributed by atoms with E-state index < -0.39 is 14.5 Å². The second kappa shape index (κ2) is 28.1. The molecule has 3 N–H and O–H groups in total. The molecular formula is C27H58BF4O3P. The van der Waals surface area contributed by atoms with E-state index in [1.54, 1.807) is 0 Å². The zero-order chi connectivity index (χ0) is 27.4. The number of aliphatic hydroxyl groups is 3. The molecule has 36 heavy (non-hydrogen) atoms. The quantitative estimate of drug-likeness (QED) is 0.0439. The highest BCUT2D eigenvalue weighted by molar-refractivity contribution is 7.75. The highest BCUT2D eigenvalue weighted by Gasteiger charge is 2.34. The first-order valence-electron chi connectivity index (χ1n) is 14.8. The van der Waals surface area contributed by atoms with Crippen LogP contribution in [-0.4, -0.2) is 67.0 Å². The first-order valence-corrected chi connectivity index (χ1v) is 17.3. The SMILES string of the molecule is CCCCCCCCCCCCCCCCCC[P+](CCCO)(CCCO)CCCO.F[B-](F)(F)F. The molecule has 0 aromatic carbocycles. The van der Waals surface area contributed by atoms with Crippen molar-refractivity contribution in [3.05, 3.63) is 0 Å². The Morgan fingerprint density at radius 2 is 0.639 bits per heavy atom. The second-order valence-corrected chi connectivity index (χ2v) is 14.7. The summed E-state index contributed by atoms with van der Waals surface area (Å²) in [4.78, 5) is 0. The van der Waals surface area contributed by atoms with Crippen LogP contribution in [0.3, 0.4) is 0 Å². The molecule has 0 aromatic rings. The Bertz CT molecular complexity index is 405. The molecule has 3 nitrogen and oxygen atoms in total. The molecule has 0 aromatic heterocycles. The zero-order valence-corrected chi connectivity index (χ0v) is 24.2. The van der Waals surface area contributed by atoms with Crippen LogP contribution < -0.4 is 0 Å². The standard InChI is InChI=1S/C27H58O3P.BF4/c1-2-3-4-5-6-7-8-9-10-11-12-13-14-15-16-17-24-31(25-18-21-28,26-19-22-29)27-20-23-30;2-1(3,4)5/h28-30H,2-27H2,1H3;/q+1;-1. The molecule has 0 radical (unpaired) electrons. The number of unbranched alkanes of at least 4 members (excludes halogenated alkanes) is 15. The summed E-state index contributed by atoms with van der Waals surface area (Å²) in [7, 11) is -7.11. The molecule has 0 spiro atoms. The average Bonchev–Trinajstić information content (AvgIpc) is 2.83. The Morgan fingerprint density at radius 1 is 0.417 bits per heavy atom. The van der Waals surface area contributed by atoms with E-state index in [4.69, 9.17) is 0 Å². The molecule has 0 atom stereocenters. The third-order valence-corrected chi connectivity index (χ3v) is 11.9. The van der Waals surface area contributed by atoms with Crippen LogP contribution in [0.15, 0.2) is 0 Å². The molecule has 0 aliphatic rings. The topological polar surface area (TPSA) is 60.7 Å². The van der Waals surface area contributed by atoms with E-state index in [-0.39, 0.29) is 19.8 Å². The Balaban J connectivity index is 0. The lowest BCUT2D eigenvalue weighted by molar-refractivity contribution is 0.292. The van der Waals surface area contributed by atoms with E-state index in [2.05, 4.69) is 6.92 Å². The third kappa shape index (κ3) is 32.1. The minimum Gasteiger partial charge on any atom is -0.418 e. The van der Waals surface area contributed by atoms with Crippen LogP contribution in [0.2, 0.25) is 0 Å². The van der Waals surface area contributed by atoms with Gasteiger partial charge in [0.15, 0.2) is 0 Å². The van der Waals surface area contributed by atoms with E-state index >= 15 is 0 Å². The Labute approximate surface area is 220 Å². The van der Waals surface area contributed by atoms with Crippen molar-refractivity contribution in [1.82, 2.24) is 0 Å². The van der Waals surface area contributed by atoms with E-state index in [9.17, 15) is 32.6 Å². The van der Waals surface area contributed by atoms with Gasteiger partial charge in [-0.05, 0) is 12.8 Å². The van der Waals surface area contributed by atoms with Crippen molar-refractivity contribution < 1.29 is 32.6 Å². The molecule has 0 aliphatic carbocycles. The summed E-state index contributed by atoms with van der Waals surface area (Å²) >= 11 is 0. The van der Waals surface area contributed by atoms with E-state index in [0.717, 1.165) is 37.7 Å². The summed E-state index contributed by atoms with van der Waals surface area (Å²) in [5.74, 6) is 0. The lowest BCUT2D eigenvalue weighted by atomic mass is 10.0. The summed E-state index contributed by atoms with van der Waals surface area (Å²) in [5, 5.41) is 27.9. The van der Waals surface area contributed by atoms with Crippen LogP contribution in [-0.2, 0) is 0 Å². The lowest BCUT2D eigenvalue weighted by Gasteiger charge is -2.27. The van der Waals surface area contributed by atoms with Crippen LogP contribution in [0.4, 0.5) is 17.3 Å². The normalized spacial score (nSPS) is 12.0. The van der Waals surface area contributed by atoms with Crippen LogP contribution in [0.1, 0.15) is 129 Å². The van der Waals surface area contributed by atoms with Crippen molar-refractivity contribution in [3.8, 4) is 0 Å². The Morgan fingerprint density at radius 3 is 0.889 bits per heavy atom. The van der Waals surface area contributed by atoms with Crippen LogP contribution in [0.5, 0.6) is 0 Å². The van der Waals surface area contributed by atoms with Crippen molar-refractivity contribution >= 4 is 14.5 Å². The summed E-state index contributed by atoms with van der Waals surface area (Å²) in [6, 6.07) is 0. The Hall–Kier alpha value is 0.0949. The number of hydrogen-bond donors (Lipinski definition) is 3. The zero-order valence-electron chi connectivity index (χ0n) is 23.3. The molecule has 0 bridgehead atoms. The molecule has 9 heteroatoms. The van der Waals surface area contributed by atoms with Gasteiger partial charge < -0.3 is 32.6 Å². The van der Waals surface area contributed by atoms with Gasteiger partial charge in [0.05, 0.1) is 24.6 Å². The molecule has 0 saturated carbocycles. The average molecular weight is 549 g/mol. The maximum Gasteiger partial charge on any atom is 0.673 e. The van der Waals surface area contributed by atoms with E-state index in [1.165, 1.54) is 109 Å². The fourth-order valence-electron chi connectivity index (χ4n) is 4.88. The van der Waals surface area contributed by atoms with Gasteiger partial charge in [0, 0.05) is 46.3 Å². The summed E-state index contributed by atoms with van der Waals surface area (Å²) in [5.41, 5.74) is 0. The smallest absolute Gasteiger partial charge is 0.418 e. The minimum absolute atomic E-state index is 0.277.